The molecule has 1 fully saturated rings. The summed E-state index contributed by atoms with van der Waals surface area (Å²) < 4.78 is 0. The number of rotatable bonds is 5. The maximum atomic E-state index is 13.2. The highest BCUT2D eigenvalue weighted by molar-refractivity contribution is 5.99. The third-order valence-electron chi connectivity index (χ3n) is 6.04. The van der Waals surface area contributed by atoms with Crippen LogP contribution in [0.15, 0.2) is 48.7 Å². The standard InChI is InChI=1S/C22H22N4O6/c1-24-18(10-14-12-23-16-7-4-8-17(19(14)16)26(31)32)20(28)25(2)22(30,21(24)29)11-13-5-3-6-15(27)9-13/h3-9,12,18,23,27,30H,10-11H2,1-2H3/t18-,22+/m0/s1. The number of hydrogen-bond donors (Lipinski definition) is 3. The Kier molecular flexibility index (Phi) is 5.09. The third kappa shape index (κ3) is 3.34. The number of aliphatic hydroxyl groups is 1. The Morgan fingerprint density at radius 3 is 2.59 bits per heavy atom. The summed E-state index contributed by atoms with van der Waals surface area (Å²) in [5.41, 5.74) is -0.649. The molecule has 0 radical (unpaired) electrons. The molecule has 2 heterocycles. The van der Waals surface area contributed by atoms with Gasteiger partial charge in [-0.15, -0.1) is 0 Å². The average Bonchev–Trinajstić information content (AvgIpc) is 3.17. The number of nitrogens with zero attached hydrogens (tertiary/aromatic N) is 3. The fourth-order valence-electron chi connectivity index (χ4n) is 4.26. The number of phenols is 1. The molecule has 4 rings (SSSR count). The molecule has 2 atom stereocenters. The van der Waals surface area contributed by atoms with Crippen LogP contribution < -0.4 is 0 Å². The number of nitrogens with one attached hydrogen (secondary N) is 1. The van der Waals surface area contributed by atoms with Crippen LogP contribution in [0.1, 0.15) is 11.1 Å². The number of amides is 2. The molecule has 3 N–H and O–H groups in total. The van der Waals surface area contributed by atoms with E-state index in [0.717, 1.165) is 4.90 Å². The van der Waals surface area contributed by atoms with E-state index in [0.29, 0.717) is 22.0 Å². The van der Waals surface area contributed by atoms with Gasteiger partial charge >= 0.3 is 0 Å². The number of carbonyl (C=O) groups is 2. The Morgan fingerprint density at radius 1 is 1.19 bits per heavy atom. The van der Waals surface area contributed by atoms with Gasteiger partial charge < -0.3 is 25.0 Å². The van der Waals surface area contributed by atoms with E-state index < -0.39 is 28.5 Å². The predicted molar refractivity (Wildman–Crippen MR) is 115 cm³/mol. The van der Waals surface area contributed by atoms with E-state index in [9.17, 15) is 29.9 Å². The normalized spacial score (nSPS) is 21.4. The van der Waals surface area contributed by atoms with Crippen molar-refractivity contribution in [1.82, 2.24) is 14.8 Å². The summed E-state index contributed by atoms with van der Waals surface area (Å²) in [5, 5.41) is 32.7. The molecule has 166 valence electrons. The molecule has 10 nitrogen and oxygen atoms in total. The maximum absolute atomic E-state index is 13.2. The fourth-order valence-corrected chi connectivity index (χ4v) is 4.26. The van der Waals surface area contributed by atoms with Crippen molar-refractivity contribution in [3.8, 4) is 5.75 Å². The number of carbonyl (C=O) groups excluding carboxylic acids is 2. The highest BCUT2D eigenvalue weighted by atomic mass is 16.6. The van der Waals surface area contributed by atoms with Crippen molar-refractivity contribution < 1.29 is 24.7 Å². The molecule has 2 amide bonds. The van der Waals surface area contributed by atoms with E-state index in [-0.39, 0.29) is 24.3 Å². The van der Waals surface area contributed by atoms with Gasteiger partial charge in [-0.1, -0.05) is 18.2 Å². The minimum Gasteiger partial charge on any atom is -0.508 e. The summed E-state index contributed by atoms with van der Waals surface area (Å²) in [5.74, 6) is -1.19. The highest BCUT2D eigenvalue weighted by Crippen LogP contribution is 2.33. The summed E-state index contributed by atoms with van der Waals surface area (Å²) in [4.78, 5) is 42.5. The minimum absolute atomic E-state index is 0.0181. The molecule has 0 aliphatic carbocycles. The summed E-state index contributed by atoms with van der Waals surface area (Å²) in [6.07, 6.45) is 1.44. The van der Waals surface area contributed by atoms with Gasteiger partial charge in [0.1, 0.15) is 11.8 Å². The third-order valence-corrected chi connectivity index (χ3v) is 6.04. The maximum Gasteiger partial charge on any atom is 0.279 e. The first-order valence-corrected chi connectivity index (χ1v) is 9.92. The quantitative estimate of drug-likeness (QED) is 0.408. The van der Waals surface area contributed by atoms with Gasteiger partial charge in [-0.3, -0.25) is 19.7 Å². The lowest BCUT2D eigenvalue weighted by molar-refractivity contribution is -0.383. The molecule has 32 heavy (non-hydrogen) atoms. The van der Waals surface area contributed by atoms with Gasteiger partial charge in [0.2, 0.25) is 11.6 Å². The average molecular weight is 438 g/mol. The van der Waals surface area contributed by atoms with E-state index in [1.165, 1.54) is 37.2 Å². The number of nitro groups is 1. The molecule has 3 aromatic rings. The lowest BCUT2D eigenvalue weighted by atomic mass is 9.92. The SMILES string of the molecule is CN1C(=O)[C@](O)(Cc2cccc(O)c2)N(C)C(=O)[C@@H]1Cc1c[nH]c2cccc([N+](=O)[O-])c12. The van der Waals surface area contributed by atoms with Gasteiger partial charge in [0, 0.05) is 39.2 Å². The van der Waals surface area contributed by atoms with Gasteiger partial charge in [0.05, 0.1) is 15.8 Å². The molecule has 1 aliphatic rings. The Morgan fingerprint density at radius 2 is 1.91 bits per heavy atom. The minimum atomic E-state index is -2.12. The highest BCUT2D eigenvalue weighted by Gasteiger charge is 2.53. The first-order valence-electron chi connectivity index (χ1n) is 9.92. The van der Waals surface area contributed by atoms with E-state index >= 15 is 0 Å². The molecule has 10 heteroatoms. The number of aromatic amines is 1. The largest absolute Gasteiger partial charge is 0.508 e. The molecule has 1 saturated heterocycles. The van der Waals surface area contributed by atoms with Crippen LogP contribution in [-0.4, -0.2) is 67.6 Å². The monoisotopic (exact) mass is 438 g/mol. The van der Waals surface area contributed by atoms with Gasteiger partial charge in [-0.2, -0.15) is 0 Å². The number of piperazine rings is 1. The Balaban J connectivity index is 1.66. The number of fused-ring (bicyclic) bond motifs is 1. The zero-order valence-electron chi connectivity index (χ0n) is 17.5. The number of aromatic hydroxyl groups is 1. The summed E-state index contributed by atoms with van der Waals surface area (Å²) in [6.45, 7) is 0. The van der Waals surface area contributed by atoms with E-state index in [1.54, 1.807) is 30.5 Å². The number of non-ortho nitro benzene ring substituents is 1. The molecule has 0 saturated carbocycles. The second-order valence-electron chi connectivity index (χ2n) is 7.97. The van der Waals surface area contributed by atoms with Gasteiger partial charge in [0.25, 0.3) is 11.6 Å². The smallest absolute Gasteiger partial charge is 0.279 e. The molecule has 2 aromatic carbocycles. The van der Waals surface area contributed by atoms with Crippen molar-refractivity contribution in [1.29, 1.82) is 0 Å². The molecule has 0 unspecified atom stereocenters. The summed E-state index contributed by atoms with van der Waals surface area (Å²) in [7, 11) is 2.77. The molecule has 0 spiro atoms. The van der Waals surface area contributed by atoms with Crippen LogP contribution in [0.4, 0.5) is 5.69 Å². The number of likely N-dealkylation sites (N-methyl/N-ethyl adjacent to an activating group) is 2. The lowest BCUT2D eigenvalue weighted by Crippen LogP contribution is -2.70. The summed E-state index contributed by atoms with van der Waals surface area (Å²) in [6, 6.07) is 9.81. The first-order chi connectivity index (χ1) is 15.1. The topological polar surface area (TPSA) is 140 Å². The number of hydrogen-bond acceptors (Lipinski definition) is 6. The van der Waals surface area contributed by atoms with Gasteiger partial charge in [-0.25, -0.2) is 0 Å². The van der Waals surface area contributed by atoms with Crippen LogP contribution in [0, 0.1) is 10.1 Å². The van der Waals surface area contributed by atoms with Crippen molar-refractivity contribution in [2.45, 2.75) is 24.6 Å². The second kappa shape index (κ2) is 7.65. The van der Waals surface area contributed by atoms with Gasteiger partial charge in [-0.05, 0) is 29.3 Å². The number of aromatic nitrogens is 1. The molecule has 1 aliphatic heterocycles. The first kappa shape index (κ1) is 21.3. The van der Waals surface area contributed by atoms with Crippen LogP contribution in [-0.2, 0) is 22.4 Å². The molecular weight excluding hydrogens is 416 g/mol. The van der Waals surface area contributed by atoms with Crippen LogP contribution in [0.5, 0.6) is 5.75 Å². The van der Waals surface area contributed by atoms with Crippen molar-refractivity contribution in [3.63, 3.8) is 0 Å². The van der Waals surface area contributed by atoms with Crippen LogP contribution in [0.3, 0.4) is 0 Å². The fraction of sp³-hybridized carbons (Fsp3) is 0.273. The van der Waals surface area contributed by atoms with Crippen molar-refractivity contribution in [3.05, 3.63) is 69.9 Å². The van der Waals surface area contributed by atoms with E-state index in [4.69, 9.17) is 0 Å². The van der Waals surface area contributed by atoms with Crippen LogP contribution >= 0.6 is 0 Å². The zero-order chi connectivity index (χ0) is 23.2. The van der Waals surface area contributed by atoms with Crippen molar-refractivity contribution >= 4 is 28.4 Å². The number of benzene rings is 2. The van der Waals surface area contributed by atoms with E-state index in [2.05, 4.69) is 4.98 Å². The molecule has 1 aromatic heterocycles. The lowest BCUT2D eigenvalue weighted by Gasteiger charge is -2.47. The second-order valence-corrected chi connectivity index (χ2v) is 7.97. The van der Waals surface area contributed by atoms with Crippen molar-refractivity contribution in [2.24, 2.45) is 0 Å². The van der Waals surface area contributed by atoms with E-state index in [1.807, 2.05) is 0 Å². The molecular formula is C22H22N4O6. The Bertz CT molecular complexity index is 1240. The Labute approximate surface area is 182 Å². The number of phenolic OH excluding ortho intramolecular Hbond substituents is 1. The predicted octanol–water partition coefficient (Wildman–Crippen LogP) is 1.55. The van der Waals surface area contributed by atoms with Gasteiger partial charge in [0.15, 0.2) is 0 Å². The summed E-state index contributed by atoms with van der Waals surface area (Å²) >= 11 is 0. The number of H-pyrrole nitrogens is 1. The van der Waals surface area contributed by atoms with Crippen LogP contribution in [0.2, 0.25) is 0 Å². The zero-order valence-corrected chi connectivity index (χ0v) is 17.5. The number of nitro benzene ring substituents is 1. The Hall–Kier alpha value is -3.92. The molecule has 0 bridgehead atoms. The van der Waals surface area contributed by atoms with Crippen molar-refractivity contribution in [2.75, 3.05) is 14.1 Å². The van der Waals surface area contributed by atoms with Crippen LogP contribution in [0.25, 0.3) is 10.9 Å².